The monoisotopic (exact) mass is 509 g/mol. The zero-order valence-electron chi connectivity index (χ0n) is 16.6. The Balaban J connectivity index is 0.00000392. The number of halogens is 2. The molecular weight excluding hydrogens is 476 g/mol. The number of unbranched alkanes of at least 4 members (excludes halogenated alkanes) is 1. The van der Waals surface area contributed by atoms with Crippen LogP contribution in [0.3, 0.4) is 0 Å². The third-order valence-corrected chi connectivity index (χ3v) is 4.30. The van der Waals surface area contributed by atoms with E-state index in [1.54, 1.807) is 19.2 Å². The minimum atomic E-state index is -0.250. The Bertz CT molecular complexity index is 540. The summed E-state index contributed by atoms with van der Waals surface area (Å²) < 4.78 is 29.4. The SMILES string of the molecule is CN=C(NCCCCOc1ccc(F)cc1)NCCCOCC1CCOC1.I. The van der Waals surface area contributed by atoms with Crippen LogP contribution in [0.25, 0.3) is 0 Å². The molecule has 8 heteroatoms. The van der Waals surface area contributed by atoms with Crippen LogP contribution in [0, 0.1) is 11.7 Å². The van der Waals surface area contributed by atoms with Crippen molar-refractivity contribution in [2.45, 2.75) is 25.7 Å². The lowest BCUT2D eigenvalue weighted by Crippen LogP contribution is -2.38. The van der Waals surface area contributed by atoms with Gasteiger partial charge in [0.25, 0.3) is 0 Å². The van der Waals surface area contributed by atoms with Gasteiger partial charge in [0.05, 0.1) is 19.8 Å². The predicted molar refractivity (Wildman–Crippen MR) is 120 cm³/mol. The van der Waals surface area contributed by atoms with E-state index in [1.165, 1.54) is 12.1 Å². The van der Waals surface area contributed by atoms with E-state index in [1.807, 2.05) is 0 Å². The van der Waals surface area contributed by atoms with Gasteiger partial charge in [-0.3, -0.25) is 4.99 Å². The fourth-order valence-corrected chi connectivity index (χ4v) is 2.72. The van der Waals surface area contributed by atoms with Gasteiger partial charge in [-0.2, -0.15) is 0 Å². The van der Waals surface area contributed by atoms with Crippen LogP contribution in [-0.4, -0.2) is 59.1 Å². The molecule has 1 saturated heterocycles. The topological polar surface area (TPSA) is 64.1 Å². The molecule has 1 aromatic carbocycles. The Morgan fingerprint density at radius 2 is 1.89 bits per heavy atom. The molecule has 1 aliphatic heterocycles. The lowest BCUT2D eigenvalue weighted by molar-refractivity contribution is 0.0888. The second-order valence-corrected chi connectivity index (χ2v) is 6.59. The standard InChI is InChI=1S/C20H32FN3O3.HI/c1-22-20(24-11-4-12-25-15-17-9-14-26-16-17)23-10-2-3-13-27-19-7-5-18(21)6-8-19;/h5-8,17H,2-4,9-16H2,1H3,(H2,22,23,24);1H. The Kier molecular flexibility index (Phi) is 14.0. The highest BCUT2D eigenvalue weighted by Crippen LogP contribution is 2.12. The van der Waals surface area contributed by atoms with Crippen LogP contribution in [0.2, 0.25) is 0 Å². The second kappa shape index (κ2) is 15.8. The van der Waals surface area contributed by atoms with Gasteiger partial charge in [0.1, 0.15) is 11.6 Å². The van der Waals surface area contributed by atoms with Crippen molar-refractivity contribution in [3.63, 3.8) is 0 Å². The summed E-state index contributed by atoms with van der Waals surface area (Å²) in [5.41, 5.74) is 0. The highest BCUT2D eigenvalue weighted by molar-refractivity contribution is 14.0. The van der Waals surface area contributed by atoms with Gasteiger partial charge in [0, 0.05) is 39.3 Å². The van der Waals surface area contributed by atoms with E-state index in [0.29, 0.717) is 18.3 Å². The third-order valence-electron chi connectivity index (χ3n) is 4.30. The van der Waals surface area contributed by atoms with E-state index in [9.17, 15) is 4.39 Å². The van der Waals surface area contributed by atoms with Gasteiger partial charge >= 0.3 is 0 Å². The Hall–Kier alpha value is -1.13. The number of ether oxygens (including phenoxy) is 3. The molecular formula is C20H33FIN3O3. The Labute approximate surface area is 184 Å². The van der Waals surface area contributed by atoms with Crippen molar-refractivity contribution in [3.05, 3.63) is 30.1 Å². The van der Waals surface area contributed by atoms with Gasteiger partial charge in [-0.25, -0.2) is 4.39 Å². The first-order valence-corrected chi connectivity index (χ1v) is 9.76. The molecule has 0 amide bonds. The van der Waals surface area contributed by atoms with Crippen LogP contribution in [0.5, 0.6) is 5.75 Å². The maximum atomic E-state index is 12.8. The predicted octanol–water partition coefficient (Wildman–Crippen LogP) is 3.21. The maximum absolute atomic E-state index is 12.8. The summed E-state index contributed by atoms with van der Waals surface area (Å²) in [7, 11) is 1.77. The summed E-state index contributed by atoms with van der Waals surface area (Å²) in [6.45, 7) is 5.52. The third kappa shape index (κ3) is 11.0. The Morgan fingerprint density at radius 3 is 2.57 bits per heavy atom. The van der Waals surface area contributed by atoms with Crippen LogP contribution >= 0.6 is 24.0 Å². The molecule has 0 aromatic heterocycles. The van der Waals surface area contributed by atoms with Gasteiger partial charge in [0.15, 0.2) is 5.96 Å². The van der Waals surface area contributed by atoms with Crippen molar-refractivity contribution in [1.29, 1.82) is 0 Å². The summed E-state index contributed by atoms with van der Waals surface area (Å²) in [6.07, 6.45) is 3.94. The molecule has 1 fully saturated rings. The average molecular weight is 509 g/mol. The second-order valence-electron chi connectivity index (χ2n) is 6.59. The number of nitrogens with one attached hydrogen (secondary N) is 2. The zero-order valence-corrected chi connectivity index (χ0v) is 19.0. The number of hydrogen-bond acceptors (Lipinski definition) is 4. The van der Waals surface area contributed by atoms with Gasteiger partial charge in [-0.05, 0) is 49.9 Å². The molecule has 2 rings (SSSR count). The molecule has 1 aromatic rings. The summed E-state index contributed by atoms with van der Waals surface area (Å²) in [6, 6.07) is 6.09. The molecule has 160 valence electrons. The van der Waals surface area contributed by atoms with Gasteiger partial charge in [-0.1, -0.05) is 0 Å². The highest BCUT2D eigenvalue weighted by Gasteiger charge is 2.15. The van der Waals surface area contributed by atoms with E-state index in [0.717, 1.165) is 71.2 Å². The van der Waals surface area contributed by atoms with Gasteiger partial charge in [-0.15, -0.1) is 24.0 Å². The van der Waals surface area contributed by atoms with Crippen molar-refractivity contribution in [1.82, 2.24) is 10.6 Å². The number of nitrogens with zero attached hydrogens (tertiary/aromatic N) is 1. The van der Waals surface area contributed by atoms with Crippen molar-refractivity contribution >= 4 is 29.9 Å². The number of aliphatic imine (C=N–C) groups is 1. The first-order chi connectivity index (χ1) is 13.3. The van der Waals surface area contributed by atoms with Crippen molar-refractivity contribution in [2.75, 3.05) is 53.2 Å². The molecule has 0 radical (unpaired) electrons. The van der Waals surface area contributed by atoms with Gasteiger partial charge < -0.3 is 24.8 Å². The highest BCUT2D eigenvalue weighted by atomic mass is 127. The first kappa shape index (κ1) is 24.9. The normalized spacial score (nSPS) is 16.5. The molecule has 1 heterocycles. The minimum Gasteiger partial charge on any atom is -0.494 e. The van der Waals surface area contributed by atoms with Crippen LogP contribution in [0.15, 0.2) is 29.3 Å². The number of hydrogen-bond donors (Lipinski definition) is 2. The lowest BCUT2D eigenvalue weighted by Gasteiger charge is -2.13. The fraction of sp³-hybridized carbons (Fsp3) is 0.650. The van der Waals surface area contributed by atoms with Crippen LogP contribution in [-0.2, 0) is 9.47 Å². The molecule has 0 aliphatic carbocycles. The largest absolute Gasteiger partial charge is 0.494 e. The number of guanidine groups is 1. The molecule has 6 nitrogen and oxygen atoms in total. The van der Waals surface area contributed by atoms with Gasteiger partial charge in [0.2, 0.25) is 0 Å². The average Bonchev–Trinajstić information content (AvgIpc) is 3.20. The summed E-state index contributed by atoms with van der Waals surface area (Å²) in [5, 5.41) is 6.57. The zero-order chi connectivity index (χ0) is 19.2. The molecule has 2 N–H and O–H groups in total. The van der Waals surface area contributed by atoms with Crippen LogP contribution < -0.4 is 15.4 Å². The van der Waals surface area contributed by atoms with E-state index in [4.69, 9.17) is 14.2 Å². The van der Waals surface area contributed by atoms with Crippen molar-refractivity contribution < 1.29 is 18.6 Å². The quantitative estimate of drug-likeness (QED) is 0.196. The molecule has 1 atom stereocenters. The minimum absolute atomic E-state index is 0. The van der Waals surface area contributed by atoms with E-state index >= 15 is 0 Å². The lowest BCUT2D eigenvalue weighted by atomic mass is 10.1. The fourth-order valence-electron chi connectivity index (χ4n) is 2.72. The molecule has 0 spiro atoms. The summed E-state index contributed by atoms with van der Waals surface area (Å²) >= 11 is 0. The first-order valence-electron chi connectivity index (χ1n) is 9.76. The van der Waals surface area contributed by atoms with E-state index in [2.05, 4.69) is 15.6 Å². The molecule has 0 bridgehead atoms. The van der Waals surface area contributed by atoms with E-state index in [-0.39, 0.29) is 29.8 Å². The summed E-state index contributed by atoms with van der Waals surface area (Å²) in [5.74, 6) is 1.82. The Morgan fingerprint density at radius 1 is 1.14 bits per heavy atom. The number of rotatable bonds is 12. The maximum Gasteiger partial charge on any atom is 0.190 e. The number of benzene rings is 1. The summed E-state index contributed by atoms with van der Waals surface area (Å²) in [4.78, 5) is 4.21. The van der Waals surface area contributed by atoms with Crippen LogP contribution in [0.1, 0.15) is 25.7 Å². The van der Waals surface area contributed by atoms with Crippen molar-refractivity contribution in [2.24, 2.45) is 10.9 Å². The molecule has 28 heavy (non-hydrogen) atoms. The molecule has 1 unspecified atom stereocenters. The van der Waals surface area contributed by atoms with Crippen molar-refractivity contribution in [3.8, 4) is 5.75 Å². The smallest absolute Gasteiger partial charge is 0.190 e. The molecule has 0 saturated carbocycles. The molecule has 1 aliphatic rings. The van der Waals surface area contributed by atoms with E-state index < -0.39 is 0 Å². The van der Waals surface area contributed by atoms with Crippen LogP contribution in [0.4, 0.5) is 4.39 Å².